The normalized spacial score (nSPS) is 10.1. The summed E-state index contributed by atoms with van der Waals surface area (Å²) in [6.45, 7) is 1.89. The second-order valence-electron chi connectivity index (χ2n) is 3.63. The minimum atomic E-state index is -0.877. The molecular formula is C12H13BrO3. The number of aliphatic carboxylic acids is 1. The van der Waals surface area contributed by atoms with Gasteiger partial charge in [-0.25, -0.2) is 0 Å². The van der Waals surface area contributed by atoms with Gasteiger partial charge in [0, 0.05) is 6.42 Å². The Hall–Kier alpha value is -1.16. The van der Waals surface area contributed by atoms with Gasteiger partial charge >= 0.3 is 5.97 Å². The number of carboxylic acids is 1. The molecule has 0 unspecified atom stereocenters. The number of carbonyl (C=O) groups is 2. The van der Waals surface area contributed by atoms with Crippen LogP contribution in [-0.4, -0.2) is 22.2 Å². The number of Topliss-reactive ketones (excluding diaryl/α,β-unsaturated/α-hetero) is 1. The number of ketones is 1. The van der Waals surface area contributed by atoms with Crippen molar-refractivity contribution >= 4 is 27.7 Å². The molecule has 1 aromatic rings. The number of carbonyl (C=O) groups excluding carboxylic acids is 1. The largest absolute Gasteiger partial charge is 0.481 e. The van der Waals surface area contributed by atoms with Crippen molar-refractivity contribution in [2.45, 2.75) is 19.8 Å². The van der Waals surface area contributed by atoms with Crippen LogP contribution in [0.5, 0.6) is 0 Å². The average molecular weight is 285 g/mol. The highest BCUT2D eigenvalue weighted by molar-refractivity contribution is 9.09. The number of hydrogen-bond donors (Lipinski definition) is 1. The molecule has 0 heterocycles. The number of alkyl halides is 1. The molecule has 0 aromatic heterocycles. The van der Waals surface area contributed by atoms with E-state index in [0.29, 0.717) is 11.8 Å². The van der Waals surface area contributed by atoms with Crippen LogP contribution in [0.2, 0.25) is 0 Å². The number of hydrogen-bond acceptors (Lipinski definition) is 2. The molecule has 0 saturated carbocycles. The quantitative estimate of drug-likeness (QED) is 0.843. The summed E-state index contributed by atoms with van der Waals surface area (Å²) in [6.07, 6.45) is 0.257. The molecule has 4 heteroatoms. The van der Waals surface area contributed by atoms with Gasteiger partial charge in [0.05, 0.1) is 11.8 Å². The van der Waals surface area contributed by atoms with Crippen LogP contribution in [0.25, 0.3) is 0 Å². The molecule has 0 aliphatic heterocycles. The third-order valence-corrected chi connectivity index (χ3v) is 3.00. The molecule has 0 bridgehead atoms. The van der Waals surface area contributed by atoms with E-state index < -0.39 is 5.97 Å². The summed E-state index contributed by atoms with van der Waals surface area (Å²) in [5.41, 5.74) is 2.53. The van der Waals surface area contributed by atoms with Gasteiger partial charge in [0.2, 0.25) is 0 Å². The van der Waals surface area contributed by atoms with Gasteiger partial charge in [-0.1, -0.05) is 34.1 Å². The Morgan fingerprint density at radius 1 is 1.31 bits per heavy atom. The third-order valence-electron chi connectivity index (χ3n) is 2.37. The Balaban J connectivity index is 3.03. The van der Waals surface area contributed by atoms with Gasteiger partial charge in [-0.2, -0.15) is 0 Å². The van der Waals surface area contributed by atoms with Gasteiger partial charge in [-0.05, 0) is 23.6 Å². The first-order valence-electron chi connectivity index (χ1n) is 4.91. The standard InChI is InChI=1S/C12H13BrO3/c1-8-3-2-4-9(5-12(15)16)11(8)6-10(14)7-13/h2-4H,5-7H2,1H3,(H,15,16). The number of carboxylic acid groups (broad SMARTS) is 1. The molecule has 16 heavy (non-hydrogen) atoms. The van der Waals surface area contributed by atoms with E-state index in [1.54, 1.807) is 6.07 Å². The second-order valence-corrected chi connectivity index (χ2v) is 4.19. The Labute approximate surface area is 103 Å². The molecule has 1 aromatic carbocycles. The van der Waals surface area contributed by atoms with E-state index in [0.717, 1.165) is 16.7 Å². The van der Waals surface area contributed by atoms with Crippen molar-refractivity contribution in [1.29, 1.82) is 0 Å². The lowest BCUT2D eigenvalue weighted by atomic mass is 9.96. The van der Waals surface area contributed by atoms with Crippen LogP contribution in [0, 0.1) is 6.92 Å². The van der Waals surface area contributed by atoms with Crippen LogP contribution < -0.4 is 0 Å². The highest BCUT2D eigenvalue weighted by atomic mass is 79.9. The summed E-state index contributed by atoms with van der Waals surface area (Å²) in [7, 11) is 0. The molecule has 0 aliphatic rings. The Morgan fingerprint density at radius 2 is 2.00 bits per heavy atom. The van der Waals surface area contributed by atoms with E-state index in [9.17, 15) is 9.59 Å². The molecular weight excluding hydrogens is 272 g/mol. The fraction of sp³-hybridized carbons (Fsp3) is 0.333. The average Bonchev–Trinajstić information content (AvgIpc) is 2.22. The van der Waals surface area contributed by atoms with Crippen molar-refractivity contribution in [3.8, 4) is 0 Å². The van der Waals surface area contributed by atoms with Gasteiger partial charge in [0.25, 0.3) is 0 Å². The summed E-state index contributed by atoms with van der Waals surface area (Å²) < 4.78 is 0. The minimum absolute atomic E-state index is 0.0351. The van der Waals surface area contributed by atoms with Gasteiger partial charge in [-0.3, -0.25) is 9.59 Å². The monoisotopic (exact) mass is 284 g/mol. The number of rotatable bonds is 5. The van der Waals surface area contributed by atoms with Gasteiger partial charge in [0.1, 0.15) is 5.78 Å². The molecule has 0 amide bonds. The van der Waals surface area contributed by atoms with E-state index in [2.05, 4.69) is 15.9 Å². The highest BCUT2D eigenvalue weighted by Crippen LogP contribution is 2.16. The van der Waals surface area contributed by atoms with Crippen molar-refractivity contribution in [2.24, 2.45) is 0 Å². The van der Waals surface area contributed by atoms with Crippen molar-refractivity contribution in [1.82, 2.24) is 0 Å². The van der Waals surface area contributed by atoms with Crippen LogP contribution in [0.15, 0.2) is 18.2 Å². The van der Waals surface area contributed by atoms with Crippen LogP contribution >= 0.6 is 15.9 Å². The van der Waals surface area contributed by atoms with Crippen LogP contribution in [0.1, 0.15) is 16.7 Å². The van der Waals surface area contributed by atoms with E-state index in [-0.39, 0.29) is 12.2 Å². The predicted octanol–water partition coefficient (Wildman–Crippen LogP) is 2.13. The maximum Gasteiger partial charge on any atom is 0.307 e. The first-order valence-corrected chi connectivity index (χ1v) is 6.03. The zero-order valence-electron chi connectivity index (χ0n) is 9.00. The van der Waals surface area contributed by atoms with Gasteiger partial charge < -0.3 is 5.11 Å². The smallest absolute Gasteiger partial charge is 0.307 e. The van der Waals surface area contributed by atoms with Gasteiger partial charge in [-0.15, -0.1) is 0 Å². The number of benzene rings is 1. The zero-order chi connectivity index (χ0) is 12.1. The number of halogens is 1. The van der Waals surface area contributed by atoms with E-state index in [4.69, 9.17) is 5.11 Å². The molecule has 1 N–H and O–H groups in total. The predicted molar refractivity (Wildman–Crippen MR) is 65.0 cm³/mol. The maximum atomic E-state index is 11.4. The third kappa shape index (κ3) is 3.45. The van der Waals surface area contributed by atoms with Gasteiger partial charge in [0.15, 0.2) is 0 Å². The SMILES string of the molecule is Cc1cccc(CC(=O)O)c1CC(=O)CBr. The summed E-state index contributed by atoms with van der Waals surface area (Å²) >= 11 is 3.11. The second kappa shape index (κ2) is 5.80. The van der Waals surface area contributed by atoms with E-state index in [1.807, 2.05) is 19.1 Å². The molecule has 1 rings (SSSR count). The summed E-state index contributed by atoms with van der Waals surface area (Å²) in [6, 6.07) is 5.47. The fourth-order valence-electron chi connectivity index (χ4n) is 1.59. The van der Waals surface area contributed by atoms with Crippen LogP contribution in [-0.2, 0) is 22.4 Å². The lowest BCUT2D eigenvalue weighted by Gasteiger charge is -2.09. The number of aryl methyl sites for hydroxylation is 1. The molecule has 3 nitrogen and oxygen atoms in total. The van der Waals surface area contributed by atoms with E-state index >= 15 is 0 Å². The van der Waals surface area contributed by atoms with Crippen LogP contribution in [0.3, 0.4) is 0 Å². The molecule has 0 spiro atoms. The molecule has 0 aliphatic carbocycles. The van der Waals surface area contributed by atoms with Crippen molar-refractivity contribution in [3.05, 3.63) is 34.9 Å². The Kier molecular flexibility index (Phi) is 4.68. The molecule has 0 radical (unpaired) electrons. The fourth-order valence-corrected chi connectivity index (χ4v) is 1.79. The van der Waals surface area contributed by atoms with E-state index in [1.165, 1.54) is 0 Å². The molecule has 0 saturated heterocycles. The first-order chi connectivity index (χ1) is 7.54. The lowest BCUT2D eigenvalue weighted by molar-refractivity contribution is -0.136. The van der Waals surface area contributed by atoms with Crippen LogP contribution in [0.4, 0.5) is 0 Å². The maximum absolute atomic E-state index is 11.4. The van der Waals surface area contributed by atoms with Crippen molar-refractivity contribution in [3.63, 3.8) is 0 Å². The van der Waals surface area contributed by atoms with Crippen molar-refractivity contribution in [2.75, 3.05) is 5.33 Å². The summed E-state index contributed by atoms with van der Waals surface area (Å²) in [5, 5.41) is 9.08. The van der Waals surface area contributed by atoms with Crippen molar-refractivity contribution < 1.29 is 14.7 Å². The first kappa shape index (κ1) is 12.9. The molecule has 0 fully saturated rings. The highest BCUT2D eigenvalue weighted by Gasteiger charge is 2.11. The Bertz CT molecular complexity index is 413. The summed E-state index contributed by atoms with van der Waals surface area (Å²) in [5.74, 6) is -0.820. The summed E-state index contributed by atoms with van der Waals surface area (Å²) in [4.78, 5) is 22.1. The topological polar surface area (TPSA) is 54.4 Å². The Morgan fingerprint density at radius 3 is 2.56 bits per heavy atom. The minimum Gasteiger partial charge on any atom is -0.481 e. The zero-order valence-corrected chi connectivity index (χ0v) is 10.6. The molecule has 86 valence electrons. The molecule has 0 atom stereocenters. The lowest BCUT2D eigenvalue weighted by Crippen LogP contribution is -2.10.